The van der Waals surface area contributed by atoms with Crippen LogP contribution in [-0.4, -0.2) is 19.4 Å². The maximum Gasteiger partial charge on any atom is 0.508 e. The Hall–Kier alpha value is -3.33. The molecule has 3 nitrogen and oxygen atoms in total. The Morgan fingerprint density at radius 3 is 1.57 bits per heavy atom. The topological polar surface area (TPSA) is 35.5 Å². The van der Waals surface area contributed by atoms with Gasteiger partial charge >= 0.3 is 6.16 Å². The highest BCUT2D eigenvalue weighted by atomic mass is 16.7. The summed E-state index contributed by atoms with van der Waals surface area (Å²) in [5.74, 6) is 0.687. The molecule has 0 saturated carbocycles. The predicted molar refractivity (Wildman–Crippen MR) is 199 cm³/mol. The Morgan fingerprint density at radius 1 is 0.630 bits per heavy atom. The van der Waals surface area contributed by atoms with Gasteiger partial charge in [-0.25, -0.2) is 4.79 Å². The van der Waals surface area contributed by atoms with E-state index in [4.69, 9.17) is 9.47 Å². The molecular weight excluding hydrogens is 564 g/mol. The molecule has 46 heavy (non-hydrogen) atoms. The molecule has 1 spiro atoms. The summed E-state index contributed by atoms with van der Waals surface area (Å²) >= 11 is 0. The van der Waals surface area contributed by atoms with Crippen LogP contribution < -0.4 is 0 Å². The molecule has 2 unspecified atom stereocenters. The van der Waals surface area contributed by atoms with Crippen LogP contribution in [0.5, 0.6) is 0 Å². The van der Waals surface area contributed by atoms with E-state index in [1.165, 1.54) is 0 Å². The Bertz CT molecular complexity index is 1110. The van der Waals surface area contributed by atoms with Gasteiger partial charge in [-0.15, -0.1) is 0 Å². The lowest BCUT2D eigenvalue weighted by atomic mass is 9.74. The van der Waals surface area contributed by atoms with E-state index in [0.717, 1.165) is 77.0 Å². The highest BCUT2D eigenvalue weighted by molar-refractivity contribution is 5.59. The summed E-state index contributed by atoms with van der Waals surface area (Å²) in [5.41, 5.74) is -0.103. The highest BCUT2D eigenvalue weighted by Gasteiger charge is 2.26. The highest BCUT2D eigenvalue weighted by Crippen LogP contribution is 2.38. The van der Waals surface area contributed by atoms with Crippen molar-refractivity contribution < 1.29 is 14.3 Å². The van der Waals surface area contributed by atoms with Crippen molar-refractivity contribution in [2.45, 2.75) is 105 Å². The number of ether oxygens (including phenoxy) is 2. The average molecular weight is 627 g/mol. The molecule has 0 saturated heterocycles. The van der Waals surface area contributed by atoms with Crippen LogP contribution in [0.2, 0.25) is 0 Å². The molecule has 0 amide bonds. The van der Waals surface area contributed by atoms with Crippen molar-refractivity contribution in [1.29, 1.82) is 0 Å². The van der Waals surface area contributed by atoms with Gasteiger partial charge in [-0.1, -0.05) is 155 Å². The third kappa shape index (κ3) is 17.4. The van der Waals surface area contributed by atoms with Gasteiger partial charge in [0.1, 0.15) is 0 Å². The fraction of sp³-hybridized carbons (Fsp3) is 0.512. The largest absolute Gasteiger partial charge is 0.508 e. The zero-order valence-corrected chi connectivity index (χ0v) is 29.3. The minimum atomic E-state index is -0.535. The fourth-order valence-corrected chi connectivity index (χ4v) is 5.36. The summed E-state index contributed by atoms with van der Waals surface area (Å²) in [6, 6.07) is 0. The summed E-state index contributed by atoms with van der Waals surface area (Å²) < 4.78 is 11.0. The van der Waals surface area contributed by atoms with E-state index in [1.807, 2.05) is 0 Å². The average Bonchev–Trinajstić information content (AvgIpc) is 3.07. The van der Waals surface area contributed by atoms with Crippen LogP contribution >= 0.6 is 0 Å². The van der Waals surface area contributed by atoms with Gasteiger partial charge in [0.2, 0.25) is 0 Å². The number of carbonyl (C=O) groups excluding carboxylic acids is 1. The molecule has 252 valence electrons. The first-order chi connectivity index (χ1) is 22.4. The lowest BCUT2D eigenvalue weighted by Crippen LogP contribution is -2.19. The first-order valence-corrected chi connectivity index (χ1v) is 17.9. The zero-order chi connectivity index (χ0) is 33.2. The molecule has 0 N–H and O–H groups in total. The second-order valence-electron chi connectivity index (χ2n) is 12.8. The van der Waals surface area contributed by atoms with Crippen LogP contribution in [0.4, 0.5) is 4.79 Å². The summed E-state index contributed by atoms with van der Waals surface area (Å²) in [6.07, 6.45) is 56.4. The van der Waals surface area contributed by atoms with Crippen LogP contribution in [0.15, 0.2) is 122 Å². The molecule has 0 aliphatic heterocycles. The standard InChI is InChI=1S/C43H62O3/c1-5-8-9-10-11-12-13-14-15-16-17-18-19-20-21-23-28-39(6-2)37-45-41(44)46-38-40(7-3)29-24-27-30-42(4)33-35-43(36-34-42)31-25-22-26-32-43/h8-9,11-12,14-15,17-18,20-21,25-27,30-36,39-40H,5-7,10,13,16,19,22-24,28-29,37-38H2,1-4H3/b9-8-,12-11-,15-14-,18-17-,21-20-,30-27-. The molecule has 0 aromatic heterocycles. The van der Waals surface area contributed by atoms with Crippen molar-refractivity contribution in [3.8, 4) is 0 Å². The minimum Gasteiger partial charge on any atom is -0.434 e. The van der Waals surface area contributed by atoms with Gasteiger partial charge in [-0.05, 0) is 83.0 Å². The van der Waals surface area contributed by atoms with E-state index in [-0.39, 0.29) is 10.8 Å². The number of rotatable bonds is 22. The van der Waals surface area contributed by atoms with Crippen molar-refractivity contribution in [2.75, 3.05) is 13.2 Å². The Kier molecular flexibility index (Phi) is 20.2. The number of hydrogen-bond acceptors (Lipinski definition) is 3. The van der Waals surface area contributed by atoms with Gasteiger partial charge in [0.15, 0.2) is 0 Å². The second-order valence-corrected chi connectivity index (χ2v) is 12.8. The van der Waals surface area contributed by atoms with E-state index in [9.17, 15) is 4.79 Å². The maximum atomic E-state index is 12.3. The van der Waals surface area contributed by atoms with Crippen LogP contribution in [-0.2, 0) is 9.47 Å². The van der Waals surface area contributed by atoms with E-state index in [2.05, 4.69) is 149 Å². The van der Waals surface area contributed by atoms with Crippen LogP contribution in [0.3, 0.4) is 0 Å². The van der Waals surface area contributed by atoms with Crippen LogP contribution in [0, 0.1) is 22.7 Å². The van der Waals surface area contributed by atoms with Crippen molar-refractivity contribution in [2.24, 2.45) is 22.7 Å². The second kappa shape index (κ2) is 23.9. The number of hydrogen-bond donors (Lipinski definition) is 0. The molecule has 3 heteroatoms. The van der Waals surface area contributed by atoms with Crippen LogP contribution in [0.1, 0.15) is 105 Å². The summed E-state index contributed by atoms with van der Waals surface area (Å²) in [6.45, 7) is 9.54. The van der Waals surface area contributed by atoms with Gasteiger partial charge in [0.05, 0.1) is 13.2 Å². The number of allylic oxidation sites excluding steroid dienone is 20. The predicted octanol–water partition coefficient (Wildman–Crippen LogP) is 12.7. The van der Waals surface area contributed by atoms with E-state index in [1.54, 1.807) is 0 Å². The van der Waals surface area contributed by atoms with Gasteiger partial charge < -0.3 is 9.47 Å². The molecule has 0 fully saturated rings. The summed E-state index contributed by atoms with van der Waals surface area (Å²) in [5, 5.41) is 0. The molecule has 2 aliphatic carbocycles. The van der Waals surface area contributed by atoms with E-state index in [0.29, 0.717) is 25.0 Å². The van der Waals surface area contributed by atoms with Gasteiger partial charge in [0.25, 0.3) is 0 Å². The molecule has 2 rings (SSSR count). The van der Waals surface area contributed by atoms with Crippen molar-refractivity contribution in [3.63, 3.8) is 0 Å². The Balaban J connectivity index is 1.54. The maximum absolute atomic E-state index is 12.3. The quantitative estimate of drug-likeness (QED) is 0.0886. The lowest BCUT2D eigenvalue weighted by molar-refractivity contribution is 0.0322. The molecule has 2 aliphatic rings. The molecule has 0 aromatic carbocycles. The first-order valence-electron chi connectivity index (χ1n) is 17.9. The normalized spacial score (nSPS) is 18.4. The molecule has 0 radical (unpaired) electrons. The molecule has 0 heterocycles. The van der Waals surface area contributed by atoms with Gasteiger partial charge in [-0.3, -0.25) is 0 Å². The van der Waals surface area contributed by atoms with Gasteiger partial charge in [0, 0.05) is 10.8 Å². The van der Waals surface area contributed by atoms with Crippen molar-refractivity contribution in [1.82, 2.24) is 0 Å². The third-order valence-corrected chi connectivity index (χ3v) is 8.69. The van der Waals surface area contributed by atoms with Crippen molar-refractivity contribution >= 4 is 6.16 Å². The lowest BCUT2D eigenvalue weighted by Gasteiger charge is -2.30. The Morgan fingerprint density at radius 2 is 1.09 bits per heavy atom. The molecular formula is C43H62O3. The van der Waals surface area contributed by atoms with E-state index >= 15 is 0 Å². The molecule has 2 atom stereocenters. The minimum absolute atomic E-state index is 0.0434. The number of carbonyl (C=O) groups is 1. The SMILES string of the molecule is CC/C=C\C/C=C\C/C=C\C/C=C\C/C=C\CCC(CC)COC(=O)OCC(CC)CC/C=C\C1(C)C=CC2(C=CCC=C2)C=C1. The fourth-order valence-electron chi connectivity index (χ4n) is 5.36. The molecule has 0 bridgehead atoms. The monoisotopic (exact) mass is 626 g/mol. The smallest absolute Gasteiger partial charge is 0.434 e. The first kappa shape index (κ1) is 38.9. The third-order valence-electron chi connectivity index (χ3n) is 8.69. The van der Waals surface area contributed by atoms with E-state index < -0.39 is 6.16 Å². The Labute approximate surface area is 282 Å². The van der Waals surface area contributed by atoms with Crippen LogP contribution in [0.25, 0.3) is 0 Å². The zero-order valence-electron chi connectivity index (χ0n) is 29.3. The summed E-state index contributed by atoms with van der Waals surface area (Å²) in [7, 11) is 0. The summed E-state index contributed by atoms with van der Waals surface area (Å²) in [4.78, 5) is 12.3. The van der Waals surface area contributed by atoms with Crippen molar-refractivity contribution in [3.05, 3.63) is 122 Å². The van der Waals surface area contributed by atoms with Gasteiger partial charge in [-0.2, -0.15) is 0 Å². The molecule has 0 aromatic rings.